The van der Waals surface area contributed by atoms with Crippen molar-refractivity contribution in [3.63, 3.8) is 0 Å². The van der Waals surface area contributed by atoms with Crippen molar-refractivity contribution in [2.24, 2.45) is 23.7 Å². The van der Waals surface area contributed by atoms with Crippen LogP contribution in [-0.2, 0) is 13.0 Å². The van der Waals surface area contributed by atoms with Crippen molar-refractivity contribution in [1.29, 1.82) is 0 Å². The molecule has 0 saturated heterocycles. The molecular formula is C14H20N2S. The van der Waals surface area contributed by atoms with Gasteiger partial charge in [-0.2, -0.15) is 0 Å². The summed E-state index contributed by atoms with van der Waals surface area (Å²) < 4.78 is 0. The highest BCUT2D eigenvalue weighted by Gasteiger charge is 2.64. The molecule has 4 unspecified atom stereocenters. The average molecular weight is 248 g/mol. The van der Waals surface area contributed by atoms with Gasteiger partial charge < -0.3 is 5.32 Å². The lowest BCUT2D eigenvalue weighted by atomic mass is 10.0. The molecule has 4 atom stereocenters. The Hall–Kier alpha value is -0.410. The highest BCUT2D eigenvalue weighted by atomic mass is 32.1. The first-order valence-corrected chi connectivity index (χ1v) is 7.91. The van der Waals surface area contributed by atoms with Gasteiger partial charge in [-0.3, -0.25) is 0 Å². The molecule has 4 rings (SSSR count). The van der Waals surface area contributed by atoms with E-state index in [0.29, 0.717) is 0 Å². The molecule has 0 aliphatic heterocycles. The van der Waals surface area contributed by atoms with Crippen molar-refractivity contribution < 1.29 is 0 Å². The van der Waals surface area contributed by atoms with Crippen LogP contribution in [0.1, 0.15) is 36.9 Å². The van der Waals surface area contributed by atoms with Gasteiger partial charge in [0.25, 0.3) is 0 Å². The standard InChI is InChI=1S/C14H20N2S/c1-2-11-16-10(7-17-11)6-15-14-12-8-3-4-9(5-8)13(12)14/h7-9,12-15H,2-6H2,1H3. The minimum absolute atomic E-state index is 0.841. The van der Waals surface area contributed by atoms with E-state index in [-0.39, 0.29) is 0 Å². The van der Waals surface area contributed by atoms with Gasteiger partial charge in [0.1, 0.15) is 0 Å². The summed E-state index contributed by atoms with van der Waals surface area (Å²) in [5.74, 6) is 4.23. The molecule has 0 amide bonds. The predicted molar refractivity (Wildman–Crippen MR) is 69.9 cm³/mol. The lowest BCUT2D eigenvalue weighted by Crippen LogP contribution is -2.22. The lowest BCUT2D eigenvalue weighted by molar-refractivity contribution is 0.456. The van der Waals surface area contributed by atoms with Gasteiger partial charge in [0.15, 0.2) is 0 Å². The second-order valence-corrected chi connectivity index (χ2v) is 6.92. The fourth-order valence-electron chi connectivity index (χ4n) is 4.41. The normalized spacial score (nSPS) is 41.8. The summed E-state index contributed by atoms with van der Waals surface area (Å²) in [5, 5.41) is 7.25. The van der Waals surface area contributed by atoms with Crippen molar-refractivity contribution in [2.75, 3.05) is 0 Å². The maximum Gasteiger partial charge on any atom is 0.0926 e. The Morgan fingerprint density at radius 1 is 1.35 bits per heavy atom. The number of hydrogen-bond acceptors (Lipinski definition) is 3. The monoisotopic (exact) mass is 248 g/mol. The molecule has 0 aromatic carbocycles. The molecule has 92 valence electrons. The highest BCUT2D eigenvalue weighted by Crippen LogP contribution is 2.65. The summed E-state index contributed by atoms with van der Waals surface area (Å²) >= 11 is 1.81. The van der Waals surface area contributed by atoms with Gasteiger partial charge in [-0.15, -0.1) is 11.3 Å². The maximum absolute atomic E-state index is 4.63. The third-order valence-corrected chi connectivity index (χ3v) is 6.20. The lowest BCUT2D eigenvalue weighted by Gasteiger charge is -2.09. The van der Waals surface area contributed by atoms with Crippen LogP contribution in [0.4, 0.5) is 0 Å². The van der Waals surface area contributed by atoms with Crippen LogP contribution in [0, 0.1) is 23.7 Å². The minimum Gasteiger partial charge on any atom is -0.308 e. The van der Waals surface area contributed by atoms with Crippen LogP contribution in [0.5, 0.6) is 0 Å². The van der Waals surface area contributed by atoms with Gasteiger partial charge in [0, 0.05) is 18.0 Å². The van der Waals surface area contributed by atoms with Crippen LogP contribution >= 0.6 is 11.3 Å². The molecule has 1 aromatic heterocycles. The van der Waals surface area contributed by atoms with Gasteiger partial charge >= 0.3 is 0 Å². The zero-order valence-electron chi connectivity index (χ0n) is 10.4. The van der Waals surface area contributed by atoms with Crippen molar-refractivity contribution in [3.8, 4) is 0 Å². The third kappa shape index (κ3) is 1.59. The smallest absolute Gasteiger partial charge is 0.0926 e. The van der Waals surface area contributed by atoms with Crippen LogP contribution in [0.3, 0.4) is 0 Å². The molecule has 17 heavy (non-hydrogen) atoms. The van der Waals surface area contributed by atoms with Gasteiger partial charge in [0.2, 0.25) is 0 Å². The summed E-state index contributed by atoms with van der Waals surface area (Å²) in [6, 6.07) is 0.841. The summed E-state index contributed by atoms with van der Waals surface area (Å²) in [5.41, 5.74) is 1.25. The summed E-state index contributed by atoms with van der Waals surface area (Å²) in [6.45, 7) is 3.17. The van der Waals surface area contributed by atoms with E-state index >= 15 is 0 Å². The SMILES string of the molecule is CCc1nc(CNC2C3C4CCC(C4)C23)cs1. The van der Waals surface area contributed by atoms with Gasteiger partial charge in [0.05, 0.1) is 10.7 Å². The minimum atomic E-state index is 0.841. The van der Waals surface area contributed by atoms with Crippen LogP contribution in [0.25, 0.3) is 0 Å². The molecular weight excluding hydrogens is 228 g/mol. The van der Waals surface area contributed by atoms with Gasteiger partial charge in [-0.25, -0.2) is 4.98 Å². The Balaban J connectivity index is 1.35. The molecule has 3 fully saturated rings. The van der Waals surface area contributed by atoms with Gasteiger partial charge in [-0.05, 0) is 49.4 Å². The molecule has 3 aliphatic rings. The van der Waals surface area contributed by atoms with E-state index in [4.69, 9.17) is 0 Å². The predicted octanol–water partition coefficient (Wildman–Crippen LogP) is 2.84. The molecule has 2 nitrogen and oxygen atoms in total. The van der Waals surface area contributed by atoms with Crippen LogP contribution in [0.2, 0.25) is 0 Å². The van der Waals surface area contributed by atoms with Crippen LogP contribution in [0.15, 0.2) is 5.38 Å². The van der Waals surface area contributed by atoms with E-state index in [0.717, 1.165) is 42.7 Å². The third-order valence-electron chi connectivity index (χ3n) is 5.16. The van der Waals surface area contributed by atoms with E-state index < -0.39 is 0 Å². The van der Waals surface area contributed by atoms with Crippen LogP contribution < -0.4 is 5.32 Å². The van der Waals surface area contributed by atoms with E-state index in [9.17, 15) is 0 Å². The number of fused-ring (bicyclic) bond motifs is 5. The fourth-order valence-corrected chi connectivity index (χ4v) is 5.16. The maximum atomic E-state index is 4.63. The number of hydrogen-bond donors (Lipinski definition) is 1. The van der Waals surface area contributed by atoms with Crippen molar-refractivity contribution in [1.82, 2.24) is 10.3 Å². The van der Waals surface area contributed by atoms with Crippen LogP contribution in [-0.4, -0.2) is 11.0 Å². The molecule has 0 radical (unpaired) electrons. The molecule has 1 heterocycles. The Labute approximate surface area is 107 Å². The zero-order chi connectivity index (χ0) is 11.4. The Bertz CT molecular complexity index is 412. The first kappa shape index (κ1) is 10.5. The number of aromatic nitrogens is 1. The molecule has 2 bridgehead atoms. The Morgan fingerprint density at radius 2 is 2.12 bits per heavy atom. The number of aryl methyl sites for hydroxylation is 1. The average Bonchev–Trinajstić information content (AvgIpc) is 2.81. The molecule has 3 aliphatic carbocycles. The summed E-state index contributed by atoms with van der Waals surface area (Å²) in [6.07, 6.45) is 5.65. The summed E-state index contributed by atoms with van der Waals surface area (Å²) in [4.78, 5) is 4.63. The molecule has 1 aromatic rings. The molecule has 0 spiro atoms. The van der Waals surface area contributed by atoms with Gasteiger partial charge in [-0.1, -0.05) is 6.92 Å². The first-order chi connectivity index (χ1) is 8.36. The molecule has 1 N–H and O–H groups in total. The quantitative estimate of drug-likeness (QED) is 0.886. The summed E-state index contributed by atoms with van der Waals surface area (Å²) in [7, 11) is 0. The second kappa shape index (κ2) is 3.79. The first-order valence-electron chi connectivity index (χ1n) is 7.03. The number of nitrogens with one attached hydrogen (secondary N) is 1. The van der Waals surface area contributed by atoms with E-state index in [1.807, 2.05) is 0 Å². The van der Waals surface area contributed by atoms with Crippen molar-refractivity contribution in [2.45, 2.75) is 45.2 Å². The van der Waals surface area contributed by atoms with E-state index in [2.05, 4.69) is 22.6 Å². The topological polar surface area (TPSA) is 24.9 Å². The number of thiazole rings is 1. The largest absolute Gasteiger partial charge is 0.308 e. The van der Waals surface area contributed by atoms with E-state index in [1.165, 1.54) is 23.5 Å². The Kier molecular flexibility index (Phi) is 2.34. The number of rotatable bonds is 4. The fraction of sp³-hybridized carbons (Fsp3) is 0.786. The van der Waals surface area contributed by atoms with E-state index in [1.54, 1.807) is 17.8 Å². The Morgan fingerprint density at radius 3 is 2.76 bits per heavy atom. The number of nitrogens with zero attached hydrogens (tertiary/aromatic N) is 1. The molecule has 3 saturated carbocycles. The van der Waals surface area contributed by atoms with Crippen molar-refractivity contribution >= 4 is 11.3 Å². The van der Waals surface area contributed by atoms with Crippen molar-refractivity contribution in [3.05, 3.63) is 16.1 Å². The highest BCUT2D eigenvalue weighted by molar-refractivity contribution is 7.09. The zero-order valence-corrected chi connectivity index (χ0v) is 11.2. The molecule has 3 heteroatoms. The second-order valence-electron chi connectivity index (χ2n) is 5.98.